The third-order valence-electron chi connectivity index (χ3n) is 2.86. The van der Waals surface area contributed by atoms with Crippen molar-refractivity contribution in [3.8, 4) is 0 Å². The maximum absolute atomic E-state index is 9.54. The van der Waals surface area contributed by atoms with Gasteiger partial charge in [-0.2, -0.15) is 0 Å². The molecule has 1 aliphatic carbocycles. The van der Waals surface area contributed by atoms with Crippen molar-refractivity contribution in [3.63, 3.8) is 0 Å². The summed E-state index contributed by atoms with van der Waals surface area (Å²) in [5, 5.41) is 55.1. The molecule has 6 N–H and O–H groups in total. The van der Waals surface area contributed by atoms with Crippen LogP contribution in [0.5, 0.6) is 0 Å². The van der Waals surface area contributed by atoms with E-state index in [0.29, 0.717) is 0 Å². The standard InChI is InChI=1S/C8H16O6/c9-1-3-6(12)5(4(11)2-10)8(14)7(3)13/h3-14H,1-2H2/t3?,4-,5?,6?,7+,8?/m0/s1. The van der Waals surface area contributed by atoms with Crippen LogP contribution in [0, 0.1) is 11.8 Å². The molecule has 1 rings (SSSR count). The third kappa shape index (κ3) is 1.77. The second kappa shape index (κ2) is 4.52. The van der Waals surface area contributed by atoms with Crippen molar-refractivity contribution >= 4 is 0 Å². The summed E-state index contributed by atoms with van der Waals surface area (Å²) in [6.07, 6.45) is -5.12. The first-order valence-electron chi connectivity index (χ1n) is 4.48. The van der Waals surface area contributed by atoms with Gasteiger partial charge in [0.25, 0.3) is 0 Å². The Balaban J connectivity index is 2.77. The van der Waals surface area contributed by atoms with E-state index in [1.54, 1.807) is 0 Å². The Hall–Kier alpha value is -0.240. The van der Waals surface area contributed by atoms with Crippen molar-refractivity contribution in [2.45, 2.75) is 24.4 Å². The number of aliphatic hydroxyl groups is 6. The number of hydrogen-bond donors (Lipinski definition) is 6. The summed E-state index contributed by atoms with van der Waals surface area (Å²) in [6, 6.07) is 0. The Morgan fingerprint density at radius 3 is 1.86 bits per heavy atom. The molecule has 6 nitrogen and oxygen atoms in total. The summed E-state index contributed by atoms with van der Waals surface area (Å²) in [5.41, 5.74) is 0. The Morgan fingerprint density at radius 1 is 0.929 bits per heavy atom. The van der Waals surface area contributed by atoms with Crippen molar-refractivity contribution in [1.29, 1.82) is 0 Å². The molecule has 0 aromatic rings. The van der Waals surface area contributed by atoms with Gasteiger partial charge in [-0.1, -0.05) is 0 Å². The van der Waals surface area contributed by atoms with Gasteiger partial charge in [-0.25, -0.2) is 0 Å². The maximum Gasteiger partial charge on any atom is 0.0882 e. The zero-order chi connectivity index (χ0) is 10.9. The van der Waals surface area contributed by atoms with Crippen molar-refractivity contribution in [1.82, 2.24) is 0 Å². The average molecular weight is 208 g/mol. The summed E-state index contributed by atoms with van der Waals surface area (Å²) < 4.78 is 0. The molecular weight excluding hydrogens is 192 g/mol. The van der Waals surface area contributed by atoms with Crippen LogP contribution in [0.2, 0.25) is 0 Å². The quantitative estimate of drug-likeness (QED) is 0.288. The van der Waals surface area contributed by atoms with Gasteiger partial charge in [0.1, 0.15) is 0 Å². The molecule has 6 atom stereocenters. The first-order chi connectivity index (χ1) is 6.54. The summed E-state index contributed by atoms with van der Waals surface area (Å²) in [4.78, 5) is 0. The van der Waals surface area contributed by atoms with E-state index in [4.69, 9.17) is 10.2 Å². The lowest BCUT2D eigenvalue weighted by Crippen LogP contribution is -2.39. The largest absolute Gasteiger partial charge is 0.396 e. The number of aliphatic hydroxyl groups excluding tert-OH is 6. The van der Waals surface area contributed by atoms with Gasteiger partial charge in [0.15, 0.2) is 0 Å². The molecular formula is C8H16O6. The summed E-state index contributed by atoms with van der Waals surface area (Å²) >= 11 is 0. The molecule has 0 aromatic carbocycles. The minimum Gasteiger partial charge on any atom is -0.396 e. The molecule has 1 saturated carbocycles. The minimum absolute atomic E-state index is 0.478. The second-order valence-electron chi connectivity index (χ2n) is 3.65. The fraction of sp³-hybridized carbons (Fsp3) is 1.00. The minimum atomic E-state index is -1.33. The predicted octanol–water partition coefficient (Wildman–Crippen LogP) is -3.34. The molecule has 14 heavy (non-hydrogen) atoms. The van der Waals surface area contributed by atoms with Crippen LogP contribution in [0.25, 0.3) is 0 Å². The fourth-order valence-corrected chi connectivity index (χ4v) is 1.96. The normalized spacial score (nSPS) is 45.4. The van der Waals surface area contributed by atoms with E-state index in [1.165, 1.54) is 0 Å². The van der Waals surface area contributed by atoms with Crippen LogP contribution in [0.3, 0.4) is 0 Å². The first-order valence-corrected chi connectivity index (χ1v) is 4.48. The summed E-state index contributed by atoms with van der Waals surface area (Å²) in [5.74, 6) is -1.90. The van der Waals surface area contributed by atoms with Gasteiger partial charge in [-0.15, -0.1) is 0 Å². The SMILES string of the molecule is OCC1C(O)C([C@@H](O)CO)C(O)[C@@H]1O. The van der Waals surface area contributed by atoms with Crippen LogP contribution in [0.15, 0.2) is 0 Å². The molecule has 0 aromatic heterocycles. The highest BCUT2D eigenvalue weighted by Crippen LogP contribution is 2.34. The first kappa shape index (κ1) is 11.8. The summed E-state index contributed by atoms with van der Waals surface area (Å²) in [7, 11) is 0. The zero-order valence-corrected chi connectivity index (χ0v) is 7.56. The third-order valence-corrected chi connectivity index (χ3v) is 2.86. The Kier molecular flexibility index (Phi) is 3.82. The van der Waals surface area contributed by atoms with Crippen LogP contribution in [-0.2, 0) is 0 Å². The van der Waals surface area contributed by atoms with E-state index in [2.05, 4.69) is 0 Å². The summed E-state index contributed by atoms with van der Waals surface area (Å²) in [6.45, 7) is -1.09. The van der Waals surface area contributed by atoms with Gasteiger partial charge >= 0.3 is 0 Å². The topological polar surface area (TPSA) is 121 Å². The van der Waals surface area contributed by atoms with Crippen molar-refractivity contribution in [2.75, 3.05) is 13.2 Å². The Labute approximate surface area is 81.1 Å². The Morgan fingerprint density at radius 2 is 1.50 bits per heavy atom. The van der Waals surface area contributed by atoms with Gasteiger partial charge in [0, 0.05) is 11.8 Å². The highest BCUT2D eigenvalue weighted by Gasteiger charge is 2.50. The van der Waals surface area contributed by atoms with E-state index in [9.17, 15) is 20.4 Å². The molecule has 84 valence electrons. The van der Waals surface area contributed by atoms with Gasteiger partial charge in [0.2, 0.25) is 0 Å². The molecule has 0 heterocycles. The number of hydrogen-bond acceptors (Lipinski definition) is 6. The lowest BCUT2D eigenvalue weighted by atomic mass is 9.95. The lowest BCUT2D eigenvalue weighted by Gasteiger charge is -2.23. The molecule has 0 bridgehead atoms. The van der Waals surface area contributed by atoms with E-state index in [-0.39, 0.29) is 0 Å². The maximum atomic E-state index is 9.54. The molecule has 1 fully saturated rings. The highest BCUT2D eigenvalue weighted by atomic mass is 16.4. The second-order valence-corrected chi connectivity index (χ2v) is 3.65. The number of rotatable bonds is 3. The molecule has 0 spiro atoms. The van der Waals surface area contributed by atoms with Crippen LogP contribution in [0.1, 0.15) is 0 Å². The van der Waals surface area contributed by atoms with Gasteiger partial charge < -0.3 is 30.6 Å². The zero-order valence-electron chi connectivity index (χ0n) is 7.56. The molecule has 6 heteroatoms. The van der Waals surface area contributed by atoms with Crippen molar-refractivity contribution < 1.29 is 30.6 Å². The molecule has 0 amide bonds. The molecule has 4 unspecified atom stereocenters. The van der Waals surface area contributed by atoms with E-state index >= 15 is 0 Å². The van der Waals surface area contributed by atoms with E-state index < -0.39 is 49.5 Å². The molecule has 1 aliphatic rings. The predicted molar refractivity (Wildman–Crippen MR) is 45.2 cm³/mol. The smallest absolute Gasteiger partial charge is 0.0882 e. The Bertz CT molecular complexity index is 187. The molecule has 0 aliphatic heterocycles. The monoisotopic (exact) mass is 208 g/mol. The average Bonchev–Trinajstić information content (AvgIpc) is 2.38. The van der Waals surface area contributed by atoms with Crippen LogP contribution in [-0.4, -0.2) is 68.3 Å². The van der Waals surface area contributed by atoms with Gasteiger partial charge in [0.05, 0.1) is 37.6 Å². The molecule has 0 radical (unpaired) electrons. The van der Waals surface area contributed by atoms with Gasteiger partial charge in [-0.3, -0.25) is 0 Å². The van der Waals surface area contributed by atoms with Crippen molar-refractivity contribution in [3.05, 3.63) is 0 Å². The van der Waals surface area contributed by atoms with Crippen LogP contribution in [0.4, 0.5) is 0 Å². The lowest BCUT2D eigenvalue weighted by molar-refractivity contribution is -0.0586. The van der Waals surface area contributed by atoms with E-state index in [0.717, 1.165) is 0 Å². The van der Waals surface area contributed by atoms with Crippen LogP contribution < -0.4 is 0 Å². The fourth-order valence-electron chi connectivity index (χ4n) is 1.96. The van der Waals surface area contributed by atoms with E-state index in [1.807, 2.05) is 0 Å². The van der Waals surface area contributed by atoms with Gasteiger partial charge in [-0.05, 0) is 0 Å². The highest BCUT2D eigenvalue weighted by molar-refractivity contribution is 5.00. The van der Waals surface area contributed by atoms with Crippen molar-refractivity contribution in [2.24, 2.45) is 11.8 Å². The molecule has 0 saturated heterocycles. The van der Waals surface area contributed by atoms with Crippen LogP contribution >= 0.6 is 0 Å².